The van der Waals surface area contributed by atoms with Gasteiger partial charge in [0.05, 0.1) is 15.2 Å². The molecule has 17 heavy (non-hydrogen) atoms. The van der Waals surface area contributed by atoms with E-state index in [1.54, 1.807) is 11.3 Å². The zero-order chi connectivity index (χ0) is 11.8. The fourth-order valence-corrected chi connectivity index (χ4v) is 3.32. The van der Waals surface area contributed by atoms with Crippen LogP contribution in [0.15, 0.2) is 24.3 Å². The molecular formula is C13H14N2OS. The van der Waals surface area contributed by atoms with Crippen molar-refractivity contribution in [2.45, 2.75) is 18.8 Å². The van der Waals surface area contributed by atoms with Crippen molar-refractivity contribution in [1.82, 2.24) is 9.88 Å². The molecule has 0 unspecified atom stereocenters. The lowest BCUT2D eigenvalue weighted by Gasteiger charge is -2.27. The lowest BCUT2D eigenvalue weighted by Crippen LogP contribution is -2.34. The van der Waals surface area contributed by atoms with Crippen LogP contribution < -0.4 is 0 Å². The third-order valence-corrected chi connectivity index (χ3v) is 4.52. The standard InChI is InChI=1S/C13H14N2OS/c1-15-7-6-9(8-12(15)16)13-14-10-4-2-3-5-11(10)17-13/h2-5,9H,6-8H2,1H3/t9-/m1/s1. The first-order valence-electron chi connectivity index (χ1n) is 5.83. The van der Waals surface area contributed by atoms with Gasteiger partial charge in [0.2, 0.25) is 5.91 Å². The number of fused-ring (bicyclic) bond motifs is 1. The number of para-hydroxylation sites is 1. The largest absolute Gasteiger partial charge is 0.346 e. The van der Waals surface area contributed by atoms with Crippen molar-refractivity contribution < 1.29 is 4.79 Å². The number of likely N-dealkylation sites (tertiary alicyclic amines) is 1. The second-order valence-electron chi connectivity index (χ2n) is 4.52. The van der Waals surface area contributed by atoms with Crippen molar-refractivity contribution in [1.29, 1.82) is 0 Å². The zero-order valence-electron chi connectivity index (χ0n) is 9.72. The van der Waals surface area contributed by atoms with Gasteiger partial charge in [-0.1, -0.05) is 12.1 Å². The first-order chi connectivity index (χ1) is 8.24. The molecule has 1 aliphatic rings. The van der Waals surface area contributed by atoms with Crippen LogP contribution in [-0.4, -0.2) is 29.4 Å². The van der Waals surface area contributed by atoms with Gasteiger partial charge >= 0.3 is 0 Å². The monoisotopic (exact) mass is 246 g/mol. The molecule has 1 aromatic carbocycles. The maximum atomic E-state index is 11.7. The van der Waals surface area contributed by atoms with Gasteiger partial charge in [-0.3, -0.25) is 4.79 Å². The first kappa shape index (κ1) is 10.7. The van der Waals surface area contributed by atoms with Gasteiger partial charge in [-0.2, -0.15) is 0 Å². The molecule has 0 N–H and O–H groups in total. The summed E-state index contributed by atoms with van der Waals surface area (Å²) in [5, 5.41) is 1.12. The van der Waals surface area contributed by atoms with Gasteiger partial charge in [-0.05, 0) is 18.6 Å². The second kappa shape index (κ2) is 4.11. The van der Waals surface area contributed by atoms with Crippen LogP contribution in [0, 0.1) is 0 Å². The molecule has 3 nitrogen and oxygen atoms in total. The minimum atomic E-state index is 0.237. The van der Waals surface area contributed by atoms with Gasteiger partial charge in [0, 0.05) is 25.9 Å². The van der Waals surface area contributed by atoms with E-state index in [0.717, 1.165) is 23.5 Å². The SMILES string of the molecule is CN1CC[C@@H](c2nc3ccccc3s2)CC1=O. The van der Waals surface area contributed by atoms with Crippen molar-refractivity contribution in [2.24, 2.45) is 0 Å². The maximum Gasteiger partial charge on any atom is 0.223 e. The smallest absolute Gasteiger partial charge is 0.223 e. The van der Waals surface area contributed by atoms with Crippen LogP contribution in [-0.2, 0) is 4.79 Å². The quantitative estimate of drug-likeness (QED) is 0.775. The minimum absolute atomic E-state index is 0.237. The number of hydrogen-bond acceptors (Lipinski definition) is 3. The van der Waals surface area contributed by atoms with Crippen molar-refractivity contribution in [3.05, 3.63) is 29.3 Å². The van der Waals surface area contributed by atoms with Crippen LogP contribution in [0.1, 0.15) is 23.8 Å². The highest BCUT2D eigenvalue weighted by atomic mass is 32.1. The maximum absolute atomic E-state index is 11.7. The predicted octanol–water partition coefficient (Wildman–Crippen LogP) is 2.63. The predicted molar refractivity (Wildman–Crippen MR) is 69.2 cm³/mol. The van der Waals surface area contributed by atoms with E-state index in [2.05, 4.69) is 11.1 Å². The lowest BCUT2D eigenvalue weighted by atomic mass is 9.97. The Kier molecular flexibility index (Phi) is 2.59. The van der Waals surface area contributed by atoms with Crippen molar-refractivity contribution in [3.63, 3.8) is 0 Å². The molecule has 0 aliphatic carbocycles. The van der Waals surface area contributed by atoms with Gasteiger partial charge in [-0.25, -0.2) is 4.98 Å². The summed E-state index contributed by atoms with van der Waals surface area (Å²) in [6.45, 7) is 0.847. The molecule has 1 aliphatic heterocycles. The molecule has 88 valence electrons. The normalized spacial score (nSPS) is 21.1. The average molecular weight is 246 g/mol. The number of nitrogens with zero attached hydrogens (tertiary/aromatic N) is 2. The zero-order valence-corrected chi connectivity index (χ0v) is 10.5. The topological polar surface area (TPSA) is 33.2 Å². The van der Waals surface area contributed by atoms with Crippen LogP contribution in [0.5, 0.6) is 0 Å². The molecule has 4 heteroatoms. The number of thiazole rings is 1. The van der Waals surface area contributed by atoms with E-state index in [0.29, 0.717) is 12.3 Å². The molecule has 0 spiro atoms. The molecule has 0 radical (unpaired) electrons. The summed E-state index contributed by atoms with van der Waals surface area (Å²) in [5.41, 5.74) is 1.05. The summed E-state index contributed by atoms with van der Waals surface area (Å²) >= 11 is 1.73. The van der Waals surface area contributed by atoms with Gasteiger partial charge in [-0.15, -0.1) is 11.3 Å². The Morgan fingerprint density at radius 2 is 2.24 bits per heavy atom. The Balaban J connectivity index is 1.91. The third-order valence-electron chi connectivity index (χ3n) is 3.32. The van der Waals surface area contributed by atoms with Crippen LogP contribution >= 0.6 is 11.3 Å². The molecule has 0 bridgehead atoms. The van der Waals surface area contributed by atoms with E-state index in [-0.39, 0.29) is 5.91 Å². The number of benzene rings is 1. The van der Waals surface area contributed by atoms with Gasteiger partial charge in [0.15, 0.2) is 0 Å². The fraction of sp³-hybridized carbons (Fsp3) is 0.385. The summed E-state index contributed by atoms with van der Waals surface area (Å²) in [6.07, 6.45) is 1.64. The number of amides is 1. The number of hydrogen-bond donors (Lipinski definition) is 0. The minimum Gasteiger partial charge on any atom is -0.346 e. The summed E-state index contributed by atoms with van der Waals surface area (Å²) in [4.78, 5) is 18.1. The van der Waals surface area contributed by atoms with E-state index in [4.69, 9.17) is 0 Å². The summed E-state index contributed by atoms with van der Waals surface area (Å²) in [7, 11) is 1.87. The number of rotatable bonds is 1. The molecule has 1 saturated heterocycles. The first-order valence-corrected chi connectivity index (χ1v) is 6.65. The van der Waals surface area contributed by atoms with E-state index in [9.17, 15) is 4.79 Å². The third kappa shape index (κ3) is 1.93. The van der Waals surface area contributed by atoms with Crippen LogP contribution in [0.4, 0.5) is 0 Å². The summed E-state index contributed by atoms with van der Waals surface area (Å²) in [5.74, 6) is 0.552. The van der Waals surface area contributed by atoms with Gasteiger partial charge < -0.3 is 4.90 Å². The molecule has 2 aromatic rings. The van der Waals surface area contributed by atoms with Crippen LogP contribution in [0.2, 0.25) is 0 Å². The number of carbonyl (C=O) groups excluding carboxylic acids is 1. The van der Waals surface area contributed by atoms with Crippen LogP contribution in [0.25, 0.3) is 10.2 Å². The lowest BCUT2D eigenvalue weighted by molar-refractivity contribution is -0.132. The van der Waals surface area contributed by atoms with E-state index >= 15 is 0 Å². The molecule has 1 atom stereocenters. The molecule has 1 amide bonds. The molecular weight excluding hydrogens is 232 g/mol. The summed E-state index contributed by atoms with van der Waals surface area (Å²) in [6, 6.07) is 8.16. The fourth-order valence-electron chi connectivity index (χ4n) is 2.22. The average Bonchev–Trinajstić information content (AvgIpc) is 2.76. The Bertz CT molecular complexity index is 530. The van der Waals surface area contributed by atoms with E-state index in [1.807, 2.05) is 30.1 Å². The molecule has 3 rings (SSSR count). The number of carbonyl (C=O) groups is 1. The highest BCUT2D eigenvalue weighted by molar-refractivity contribution is 7.18. The Morgan fingerprint density at radius 1 is 1.41 bits per heavy atom. The van der Waals surface area contributed by atoms with Gasteiger partial charge in [0.1, 0.15) is 0 Å². The Hall–Kier alpha value is -1.42. The Labute approximate surface area is 104 Å². The summed E-state index contributed by atoms with van der Waals surface area (Å²) < 4.78 is 1.22. The van der Waals surface area contributed by atoms with Crippen molar-refractivity contribution in [2.75, 3.05) is 13.6 Å². The molecule has 2 heterocycles. The second-order valence-corrected chi connectivity index (χ2v) is 5.59. The number of piperidine rings is 1. The molecule has 1 aromatic heterocycles. The van der Waals surface area contributed by atoms with Crippen LogP contribution in [0.3, 0.4) is 0 Å². The number of aromatic nitrogens is 1. The van der Waals surface area contributed by atoms with E-state index in [1.165, 1.54) is 4.70 Å². The molecule has 1 fully saturated rings. The highest BCUT2D eigenvalue weighted by Crippen LogP contribution is 2.33. The van der Waals surface area contributed by atoms with Crippen molar-refractivity contribution >= 4 is 27.5 Å². The molecule has 0 saturated carbocycles. The van der Waals surface area contributed by atoms with E-state index < -0.39 is 0 Å². The Morgan fingerprint density at radius 3 is 3.00 bits per heavy atom. The highest BCUT2D eigenvalue weighted by Gasteiger charge is 2.26. The van der Waals surface area contributed by atoms with Crippen molar-refractivity contribution in [3.8, 4) is 0 Å². The van der Waals surface area contributed by atoms with Gasteiger partial charge in [0.25, 0.3) is 0 Å².